The molecular formula is C34H69NO2. The summed E-state index contributed by atoms with van der Waals surface area (Å²) in [6.45, 7) is 5.27. The zero-order valence-electron chi connectivity index (χ0n) is 25.6. The molecule has 0 bridgehead atoms. The zero-order valence-corrected chi connectivity index (χ0v) is 25.6. The summed E-state index contributed by atoms with van der Waals surface area (Å²) in [6, 6.07) is 0. The highest BCUT2D eigenvalue weighted by atomic mass is 16.3. The Morgan fingerprint density at radius 1 is 0.459 bits per heavy atom. The number of hydrogen-bond donors (Lipinski definition) is 2. The maximum Gasteiger partial charge on any atom is 0.248 e. The molecule has 0 rings (SSSR count). The third-order valence-electron chi connectivity index (χ3n) is 7.96. The third kappa shape index (κ3) is 29.8. The molecule has 0 saturated heterocycles. The summed E-state index contributed by atoms with van der Waals surface area (Å²) in [4.78, 5) is 12.1. The smallest absolute Gasteiger partial charge is 0.248 e. The Kier molecular flexibility index (Phi) is 31.2. The van der Waals surface area contributed by atoms with Gasteiger partial charge in [-0.3, -0.25) is 4.79 Å². The predicted molar refractivity (Wildman–Crippen MR) is 164 cm³/mol. The molecule has 0 fully saturated rings. The van der Waals surface area contributed by atoms with E-state index in [4.69, 9.17) is 0 Å². The van der Waals surface area contributed by atoms with Gasteiger partial charge in [0, 0.05) is 6.54 Å². The van der Waals surface area contributed by atoms with E-state index < -0.39 is 6.10 Å². The van der Waals surface area contributed by atoms with Crippen LogP contribution in [0.4, 0.5) is 0 Å². The molecule has 1 amide bonds. The molecule has 0 aromatic rings. The SMILES string of the molecule is CCCCCCCCCCCCCCCCNC(=O)C(O)CCCCCCCCCCCCCCCC. The first-order chi connectivity index (χ1) is 18.2. The second-order valence-electron chi connectivity index (χ2n) is 11.8. The molecule has 0 heterocycles. The van der Waals surface area contributed by atoms with Crippen molar-refractivity contribution in [2.75, 3.05) is 6.54 Å². The lowest BCUT2D eigenvalue weighted by atomic mass is 10.0. The van der Waals surface area contributed by atoms with Crippen LogP contribution in [-0.4, -0.2) is 23.7 Å². The lowest BCUT2D eigenvalue weighted by molar-refractivity contribution is -0.129. The Balaban J connectivity index is 3.27. The van der Waals surface area contributed by atoms with Gasteiger partial charge in [-0.2, -0.15) is 0 Å². The van der Waals surface area contributed by atoms with Crippen molar-refractivity contribution in [2.24, 2.45) is 0 Å². The molecule has 37 heavy (non-hydrogen) atoms. The van der Waals surface area contributed by atoms with E-state index in [0.29, 0.717) is 13.0 Å². The summed E-state index contributed by atoms with van der Waals surface area (Å²) in [6.07, 6.45) is 37.3. The van der Waals surface area contributed by atoms with Gasteiger partial charge in [0.15, 0.2) is 0 Å². The maximum atomic E-state index is 12.1. The Hall–Kier alpha value is -0.570. The minimum atomic E-state index is -0.816. The van der Waals surface area contributed by atoms with Gasteiger partial charge in [-0.05, 0) is 12.8 Å². The van der Waals surface area contributed by atoms with Crippen molar-refractivity contribution < 1.29 is 9.90 Å². The number of unbranched alkanes of at least 4 members (excludes halogenated alkanes) is 26. The van der Waals surface area contributed by atoms with Crippen LogP contribution in [0.2, 0.25) is 0 Å². The molecule has 0 spiro atoms. The first-order valence-corrected chi connectivity index (χ1v) is 17.2. The highest BCUT2D eigenvalue weighted by Crippen LogP contribution is 2.15. The molecule has 0 aromatic heterocycles. The number of nitrogens with one attached hydrogen (secondary N) is 1. The Morgan fingerprint density at radius 3 is 1.05 bits per heavy atom. The lowest BCUT2D eigenvalue weighted by Gasteiger charge is -2.11. The summed E-state index contributed by atoms with van der Waals surface area (Å²) in [5, 5.41) is 13.0. The van der Waals surface area contributed by atoms with Gasteiger partial charge in [0.2, 0.25) is 5.91 Å². The van der Waals surface area contributed by atoms with E-state index in [1.165, 1.54) is 161 Å². The van der Waals surface area contributed by atoms with Crippen LogP contribution in [0.5, 0.6) is 0 Å². The number of aliphatic hydroxyl groups excluding tert-OH is 1. The van der Waals surface area contributed by atoms with Gasteiger partial charge >= 0.3 is 0 Å². The average molecular weight is 524 g/mol. The van der Waals surface area contributed by atoms with Crippen LogP contribution >= 0.6 is 0 Å². The minimum absolute atomic E-state index is 0.163. The minimum Gasteiger partial charge on any atom is -0.383 e. The number of carbonyl (C=O) groups excluding carboxylic acids is 1. The zero-order chi connectivity index (χ0) is 27.1. The van der Waals surface area contributed by atoms with Gasteiger partial charge in [0.25, 0.3) is 0 Å². The monoisotopic (exact) mass is 524 g/mol. The van der Waals surface area contributed by atoms with E-state index in [9.17, 15) is 9.90 Å². The fourth-order valence-electron chi connectivity index (χ4n) is 5.31. The molecule has 0 aliphatic rings. The van der Waals surface area contributed by atoms with E-state index in [0.717, 1.165) is 19.3 Å². The number of rotatable bonds is 31. The molecule has 1 atom stereocenters. The number of hydrogen-bond acceptors (Lipinski definition) is 2. The van der Waals surface area contributed by atoms with Crippen molar-refractivity contribution >= 4 is 5.91 Å². The second kappa shape index (κ2) is 31.6. The van der Waals surface area contributed by atoms with Crippen molar-refractivity contribution in [1.29, 1.82) is 0 Å². The summed E-state index contributed by atoms with van der Waals surface area (Å²) in [5.74, 6) is -0.163. The van der Waals surface area contributed by atoms with Crippen molar-refractivity contribution in [3.8, 4) is 0 Å². The van der Waals surface area contributed by atoms with Crippen LogP contribution in [0.15, 0.2) is 0 Å². The van der Waals surface area contributed by atoms with Crippen LogP contribution in [0.1, 0.15) is 200 Å². The number of carbonyl (C=O) groups is 1. The second-order valence-corrected chi connectivity index (χ2v) is 11.8. The van der Waals surface area contributed by atoms with Crippen LogP contribution in [-0.2, 0) is 4.79 Å². The van der Waals surface area contributed by atoms with E-state index in [1.807, 2.05) is 0 Å². The topological polar surface area (TPSA) is 49.3 Å². The first kappa shape index (κ1) is 36.4. The molecule has 0 aliphatic carbocycles. The highest BCUT2D eigenvalue weighted by molar-refractivity contribution is 5.80. The van der Waals surface area contributed by atoms with Crippen molar-refractivity contribution in [2.45, 2.75) is 206 Å². The number of aliphatic hydroxyl groups is 1. The van der Waals surface area contributed by atoms with Gasteiger partial charge in [0.05, 0.1) is 0 Å². The standard InChI is InChI=1S/C34H69NO2/c1-3-5-7-9-11-13-15-17-19-21-23-25-27-29-31-33(36)34(37)35-32-30-28-26-24-22-20-18-16-14-12-10-8-6-4-2/h33,36H,3-32H2,1-2H3,(H,35,37). The maximum absolute atomic E-state index is 12.1. The van der Waals surface area contributed by atoms with Crippen LogP contribution in [0.3, 0.4) is 0 Å². The van der Waals surface area contributed by atoms with Gasteiger partial charge in [-0.1, -0.05) is 187 Å². The summed E-state index contributed by atoms with van der Waals surface area (Å²) in [7, 11) is 0. The normalized spacial score (nSPS) is 12.2. The molecule has 0 saturated carbocycles. The predicted octanol–water partition coefficient (Wildman–Crippen LogP) is 10.8. The van der Waals surface area contributed by atoms with Gasteiger partial charge in [-0.15, -0.1) is 0 Å². The van der Waals surface area contributed by atoms with Crippen LogP contribution < -0.4 is 5.32 Å². The van der Waals surface area contributed by atoms with E-state index >= 15 is 0 Å². The van der Waals surface area contributed by atoms with Gasteiger partial charge in [0.1, 0.15) is 6.10 Å². The fraction of sp³-hybridized carbons (Fsp3) is 0.971. The Bertz CT molecular complexity index is 440. The quantitative estimate of drug-likeness (QED) is 0.0887. The lowest BCUT2D eigenvalue weighted by Crippen LogP contribution is -2.35. The molecule has 3 nitrogen and oxygen atoms in total. The van der Waals surface area contributed by atoms with Crippen LogP contribution in [0, 0.1) is 0 Å². The number of amides is 1. The first-order valence-electron chi connectivity index (χ1n) is 17.2. The van der Waals surface area contributed by atoms with E-state index in [2.05, 4.69) is 19.2 Å². The summed E-state index contributed by atoms with van der Waals surface area (Å²) < 4.78 is 0. The molecular weight excluding hydrogens is 454 g/mol. The van der Waals surface area contributed by atoms with E-state index in [-0.39, 0.29) is 5.91 Å². The van der Waals surface area contributed by atoms with Crippen molar-refractivity contribution in [3.63, 3.8) is 0 Å². The van der Waals surface area contributed by atoms with Crippen molar-refractivity contribution in [1.82, 2.24) is 5.32 Å². The van der Waals surface area contributed by atoms with Crippen molar-refractivity contribution in [3.05, 3.63) is 0 Å². The molecule has 0 aliphatic heterocycles. The fourth-order valence-corrected chi connectivity index (χ4v) is 5.31. The molecule has 0 aromatic carbocycles. The van der Waals surface area contributed by atoms with E-state index in [1.54, 1.807) is 0 Å². The molecule has 1 unspecified atom stereocenters. The van der Waals surface area contributed by atoms with Gasteiger partial charge < -0.3 is 10.4 Å². The average Bonchev–Trinajstić information content (AvgIpc) is 2.90. The third-order valence-corrected chi connectivity index (χ3v) is 7.96. The Morgan fingerprint density at radius 2 is 0.730 bits per heavy atom. The molecule has 2 N–H and O–H groups in total. The molecule has 3 heteroatoms. The highest BCUT2D eigenvalue weighted by Gasteiger charge is 2.13. The van der Waals surface area contributed by atoms with Gasteiger partial charge in [-0.25, -0.2) is 0 Å². The molecule has 222 valence electrons. The largest absolute Gasteiger partial charge is 0.383 e. The Labute approximate surface area is 233 Å². The van der Waals surface area contributed by atoms with Crippen LogP contribution in [0.25, 0.3) is 0 Å². The molecule has 0 radical (unpaired) electrons. The summed E-state index contributed by atoms with van der Waals surface area (Å²) in [5.41, 5.74) is 0. The summed E-state index contributed by atoms with van der Waals surface area (Å²) >= 11 is 0.